The highest BCUT2D eigenvalue weighted by molar-refractivity contribution is 6.04. The van der Waals surface area contributed by atoms with Crippen LogP contribution in [0.2, 0.25) is 0 Å². The highest BCUT2D eigenvalue weighted by Crippen LogP contribution is 2.19. The van der Waals surface area contributed by atoms with Crippen LogP contribution in [0.4, 0.5) is 11.4 Å². The number of hydrogen-bond donors (Lipinski definition) is 2. The van der Waals surface area contributed by atoms with Gasteiger partial charge in [-0.2, -0.15) is 0 Å². The lowest BCUT2D eigenvalue weighted by Gasteiger charge is -2.09. The van der Waals surface area contributed by atoms with Gasteiger partial charge in [0.1, 0.15) is 0 Å². The van der Waals surface area contributed by atoms with Crippen LogP contribution in [0.15, 0.2) is 48.5 Å². The molecule has 0 aliphatic carbocycles. The summed E-state index contributed by atoms with van der Waals surface area (Å²) in [5.41, 5.74) is 1.25. The van der Waals surface area contributed by atoms with Crippen LogP contribution in [0.3, 0.4) is 0 Å². The lowest BCUT2D eigenvalue weighted by atomic mass is 10.1. The van der Waals surface area contributed by atoms with E-state index in [1.807, 2.05) is 0 Å². The molecule has 6 nitrogen and oxygen atoms in total. The van der Waals surface area contributed by atoms with E-state index in [1.54, 1.807) is 31.2 Å². The van der Waals surface area contributed by atoms with Crippen LogP contribution < -0.4 is 5.32 Å². The summed E-state index contributed by atoms with van der Waals surface area (Å²) < 4.78 is 0. The Hall–Kier alpha value is -2.73. The molecule has 1 atom stereocenters. The fourth-order valence-corrected chi connectivity index (χ4v) is 1.84. The molecule has 0 aromatic heterocycles. The predicted molar refractivity (Wildman–Crippen MR) is 78.1 cm³/mol. The Morgan fingerprint density at radius 3 is 2.62 bits per heavy atom. The molecule has 108 valence electrons. The first kappa shape index (κ1) is 14.7. The first-order chi connectivity index (χ1) is 9.97. The second-order valence-electron chi connectivity index (χ2n) is 4.56. The van der Waals surface area contributed by atoms with Gasteiger partial charge in [0.25, 0.3) is 11.6 Å². The van der Waals surface area contributed by atoms with Crippen molar-refractivity contribution in [2.75, 3.05) is 5.32 Å². The molecule has 0 spiro atoms. The molecular weight excluding hydrogens is 272 g/mol. The van der Waals surface area contributed by atoms with Crippen molar-refractivity contribution in [2.45, 2.75) is 13.0 Å². The van der Waals surface area contributed by atoms with E-state index in [4.69, 9.17) is 0 Å². The maximum atomic E-state index is 12.1. The summed E-state index contributed by atoms with van der Waals surface area (Å²) in [5, 5.41) is 22.9. The van der Waals surface area contributed by atoms with Gasteiger partial charge in [-0.15, -0.1) is 0 Å². The summed E-state index contributed by atoms with van der Waals surface area (Å²) in [6, 6.07) is 12.3. The molecule has 0 fully saturated rings. The summed E-state index contributed by atoms with van der Waals surface area (Å²) in [6.45, 7) is 1.63. The van der Waals surface area contributed by atoms with E-state index in [9.17, 15) is 20.0 Å². The third-order valence-electron chi connectivity index (χ3n) is 2.95. The minimum Gasteiger partial charge on any atom is -0.389 e. The van der Waals surface area contributed by atoms with Gasteiger partial charge in [-0.25, -0.2) is 0 Å². The molecule has 0 bridgehead atoms. The number of carbonyl (C=O) groups is 1. The molecule has 2 aromatic rings. The molecule has 21 heavy (non-hydrogen) atoms. The lowest BCUT2D eigenvalue weighted by Crippen LogP contribution is -2.12. The van der Waals surface area contributed by atoms with Gasteiger partial charge in [-0.05, 0) is 30.7 Å². The Morgan fingerprint density at radius 2 is 1.95 bits per heavy atom. The Morgan fingerprint density at radius 1 is 1.24 bits per heavy atom. The maximum Gasteiger partial charge on any atom is 0.270 e. The van der Waals surface area contributed by atoms with Crippen LogP contribution in [-0.4, -0.2) is 15.9 Å². The average Bonchev–Trinajstić information content (AvgIpc) is 2.47. The van der Waals surface area contributed by atoms with E-state index in [2.05, 4.69) is 5.32 Å². The molecule has 2 rings (SSSR count). The van der Waals surface area contributed by atoms with Crippen LogP contribution in [0, 0.1) is 10.1 Å². The smallest absolute Gasteiger partial charge is 0.270 e. The standard InChI is InChI=1S/C15H14N2O4/c1-10(18)11-4-2-6-13(8-11)16-15(19)12-5-3-7-14(9-12)17(20)21/h2-10,18H,1H3,(H,16,19). The highest BCUT2D eigenvalue weighted by atomic mass is 16.6. The number of anilines is 1. The molecule has 0 saturated carbocycles. The molecule has 1 amide bonds. The monoisotopic (exact) mass is 286 g/mol. The molecule has 1 unspecified atom stereocenters. The number of nitrogens with zero attached hydrogens (tertiary/aromatic N) is 1. The summed E-state index contributed by atoms with van der Waals surface area (Å²) >= 11 is 0. The van der Waals surface area contributed by atoms with Gasteiger partial charge >= 0.3 is 0 Å². The van der Waals surface area contributed by atoms with Gasteiger partial charge in [-0.1, -0.05) is 18.2 Å². The second kappa shape index (κ2) is 6.15. The molecule has 6 heteroatoms. The summed E-state index contributed by atoms with van der Waals surface area (Å²) in [7, 11) is 0. The van der Waals surface area contributed by atoms with Crippen molar-refractivity contribution in [3.05, 3.63) is 69.8 Å². The quantitative estimate of drug-likeness (QED) is 0.667. The molecule has 2 aromatic carbocycles. The maximum absolute atomic E-state index is 12.1. The SMILES string of the molecule is CC(O)c1cccc(NC(=O)c2cccc([N+](=O)[O-])c2)c1. The number of amides is 1. The van der Waals surface area contributed by atoms with Gasteiger partial charge in [0.05, 0.1) is 11.0 Å². The number of aliphatic hydroxyl groups is 1. The van der Waals surface area contributed by atoms with E-state index in [0.29, 0.717) is 11.3 Å². The number of non-ortho nitro benzene ring substituents is 1. The van der Waals surface area contributed by atoms with Gasteiger partial charge in [0.15, 0.2) is 0 Å². The number of hydrogen-bond acceptors (Lipinski definition) is 4. The zero-order valence-electron chi connectivity index (χ0n) is 11.3. The van der Waals surface area contributed by atoms with Gasteiger partial charge in [-0.3, -0.25) is 14.9 Å². The molecule has 2 N–H and O–H groups in total. The largest absolute Gasteiger partial charge is 0.389 e. The van der Waals surface area contributed by atoms with Crippen LogP contribution in [0.1, 0.15) is 28.9 Å². The van der Waals surface area contributed by atoms with Crippen LogP contribution in [0.25, 0.3) is 0 Å². The Kier molecular flexibility index (Phi) is 4.30. The van der Waals surface area contributed by atoms with Gasteiger partial charge in [0.2, 0.25) is 0 Å². The zero-order chi connectivity index (χ0) is 15.4. The number of nitro groups is 1. The van der Waals surface area contributed by atoms with Gasteiger partial charge < -0.3 is 10.4 Å². The molecule has 0 aliphatic heterocycles. The highest BCUT2D eigenvalue weighted by Gasteiger charge is 2.12. The molecule has 0 heterocycles. The fourth-order valence-electron chi connectivity index (χ4n) is 1.84. The summed E-state index contributed by atoms with van der Waals surface area (Å²) in [5.74, 6) is -0.443. The first-order valence-corrected chi connectivity index (χ1v) is 6.31. The number of nitrogens with one attached hydrogen (secondary N) is 1. The normalized spacial score (nSPS) is 11.7. The van der Waals surface area contributed by atoms with Gasteiger partial charge in [0, 0.05) is 23.4 Å². The Labute approximate surface area is 121 Å². The minimum absolute atomic E-state index is 0.139. The molecular formula is C15H14N2O4. The topological polar surface area (TPSA) is 92.5 Å². The van der Waals surface area contributed by atoms with Crippen LogP contribution in [0.5, 0.6) is 0 Å². The number of rotatable bonds is 4. The lowest BCUT2D eigenvalue weighted by molar-refractivity contribution is -0.384. The Balaban J connectivity index is 2.20. The van der Waals surface area contributed by atoms with E-state index in [-0.39, 0.29) is 11.3 Å². The minimum atomic E-state index is -0.639. The van der Waals surface area contributed by atoms with Crippen molar-refractivity contribution < 1.29 is 14.8 Å². The van der Waals surface area contributed by atoms with E-state index >= 15 is 0 Å². The van der Waals surface area contributed by atoms with Crippen LogP contribution >= 0.6 is 0 Å². The van der Waals surface area contributed by atoms with Crippen molar-refractivity contribution in [3.8, 4) is 0 Å². The van der Waals surface area contributed by atoms with Crippen molar-refractivity contribution in [1.82, 2.24) is 0 Å². The van der Waals surface area contributed by atoms with Crippen molar-refractivity contribution in [1.29, 1.82) is 0 Å². The van der Waals surface area contributed by atoms with Crippen molar-refractivity contribution >= 4 is 17.3 Å². The third-order valence-corrected chi connectivity index (χ3v) is 2.95. The van der Waals surface area contributed by atoms with Crippen molar-refractivity contribution in [3.63, 3.8) is 0 Å². The number of carbonyl (C=O) groups excluding carboxylic acids is 1. The number of nitro benzene ring substituents is 1. The number of aliphatic hydroxyl groups excluding tert-OH is 1. The number of benzene rings is 2. The molecule has 0 radical (unpaired) electrons. The van der Waals surface area contributed by atoms with E-state index in [0.717, 1.165) is 0 Å². The first-order valence-electron chi connectivity index (χ1n) is 6.31. The van der Waals surface area contributed by atoms with Crippen molar-refractivity contribution in [2.24, 2.45) is 0 Å². The molecule has 0 aliphatic rings. The predicted octanol–water partition coefficient (Wildman–Crippen LogP) is 2.90. The van der Waals surface area contributed by atoms with Crippen LogP contribution in [-0.2, 0) is 0 Å². The Bertz CT molecular complexity index is 683. The zero-order valence-corrected chi connectivity index (χ0v) is 11.3. The third kappa shape index (κ3) is 3.64. The molecule has 0 saturated heterocycles. The summed E-state index contributed by atoms with van der Waals surface area (Å²) in [6.07, 6.45) is -0.639. The fraction of sp³-hybridized carbons (Fsp3) is 0.133. The average molecular weight is 286 g/mol. The van der Waals surface area contributed by atoms with E-state index < -0.39 is 16.9 Å². The summed E-state index contributed by atoms with van der Waals surface area (Å²) in [4.78, 5) is 22.2. The van der Waals surface area contributed by atoms with E-state index in [1.165, 1.54) is 24.3 Å². The second-order valence-corrected chi connectivity index (χ2v) is 4.56.